The van der Waals surface area contributed by atoms with E-state index in [-0.39, 0.29) is 18.3 Å². The van der Waals surface area contributed by atoms with E-state index in [1.807, 2.05) is 45.0 Å². The van der Waals surface area contributed by atoms with E-state index in [1.54, 1.807) is 0 Å². The summed E-state index contributed by atoms with van der Waals surface area (Å²) < 4.78 is 5.56. The van der Waals surface area contributed by atoms with Crippen LogP contribution < -0.4 is 15.8 Å². The number of amides is 1. The molecule has 0 aliphatic rings. The molecule has 3 N–H and O–H groups in total. The first-order chi connectivity index (χ1) is 9.63. The first kappa shape index (κ1) is 19.7. The molecule has 0 fully saturated rings. The van der Waals surface area contributed by atoms with Crippen LogP contribution >= 0.6 is 12.4 Å². The standard InChI is InChI=1S/C16H26N2O2.ClH/c1-4-16(5-2,12-17)15(19)18-11-13-9-7-8-10-14(13)20-6-3;/h7-10H,4-6,11-12,17H2,1-3H3,(H,18,19);1H. The highest BCUT2D eigenvalue weighted by atomic mass is 35.5. The Hall–Kier alpha value is -1.26. The molecule has 0 aliphatic heterocycles. The maximum Gasteiger partial charge on any atom is 0.227 e. The lowest BCUT2D eigenvalue weighted by Gasteiger charge is -2.28. The summed E-state index contributed by atoms with van der Waals surface area (Å²) in [4.78, 5) is 12.4. The monoisotopic (exact) mass is 314 g/mol. The summed E-state index contributed by atoms with van der Waals surface area (Å²) >= 11 is 0. The number of nitrogens with one attached hydrogen (secondary N) is 1. The van der Waals surface area contributed by atoms with Crippen LogP contribution in [-0.4, -0.2) is 19.1 Å². The third-order valence-corrected chi connectivity index (χ3v) is 3.94. The number of hydrogen-bond acceptors (Lipinski definition) is 3. The summed E-state index contributed by atoms with van der Waals surface area (Å²) in [5.41, 5.74) is 6.32. The molecular weight excluding hydrogens is 288 g/mol. The Labute approximate surface area is 133 Å². The van der Waals surface area contributed by atoms with Gasteiger partial charge in [-0.15, -0.1) is 12.4 Å². The zero-order chi connectivity index (χ0) is 15.0. The SMILES string of the molecule is CCOc1ccccc1CNC(=O)C(CC)(CC)CN.Cl. The second-order valence-corrected chi connectivity index (χ2v) is 4.91. The predicted octanol–water partition coefficient (Wildman–Crippen LogP) is 2.89. The minimum atomic E-state index is -0.458. The highest BCUT2D eigenvalue weighted by molar-refractivity contribution is 5.85. The Morgan fingerprint density at radius 1 is 1.24 bits per heavy atom. The highest BCUT2D eigenvalue weighted by Crippen LogP contribution is 2.25. The summed E-state index contributed by atoms with van der Waals surface area (Å²) in [5.74, 6) is 0.845. The molecule has 21 heavy (non-hydrogen) atoms. The second-order valence-electron chi connectivity index (χ2n) is 4.91. The molecular formula is C16H27ClN2O2. The Morgan fingerprint density at radius 2 is 1.86 bits per heavy atom. The summed E-state index contributed by atoms with van der Waals surface area (Å²) in [7, 11) is 0. The van der Waals surface area contributed by atoms with Gasteiger partial charge in [0.2, 0.25) is 5.91 Å². The van der Waals surface area contributed by atoms with Gasteiger partial charge in [-0.2, -0.15) is 0 Å². The van der Waals surface area contributed by atoms with E-state index >= 15 is 0 Å². The lowest BCUT2D eigenvalue weighted by atomic mass is 9.81. The molecule has 4 nitrogen and oxygen atoms in total. The van der Waals surface area contributed by atoms with Crippen molar-refractivity contribution >= 4 is 18.3 Å². The number of carbonyl (C=O) groups excluding carboxylic acids is 1. The lowest BCUT2D eigenvalue weighted by molar-refractivity contribution is -0.131. The van der Waals surface area contributed by atoms with Gasteiger partial charge in [0.1, 0.15) is 5.75 Å². The van der Waals surface area contributed by atoms with E-state index in [0.29, 0.717) is 19.7 Å². The number of benzene rings is 1. The molecule has 0 aliphatic carbocycles. The van der Waals surface area contributed by atoms with Crippen molar-refractivity contribution in [1.29, 1.82) is 0 Å². The number of hydrogen-bond donors (Lipinski definition) is 2. The van der Waals surface area contributed by atoms with Crippen LogP contribution in [0.1, 0.15) is 39.2 Å². The van der Waals surface area contributed by atoms with Gasteiger partial charge in [0, 0.05) is 18.7 Å². The van der Waals surface area contributed by atoms with Crippen molar-refractivity contribution in [3.05, 3.63) is 29.8 Å². The van der Waals surface area contributed by atoms with E-state index in [9.17, 15) is 4.79 Å². The van der Waals surface area contributed by atoms with E-state index in [0.717, 1.165) is 24.2 Å². The van der Waals surface area contributed by atoms with Crippen LogP contribution in [0.25, 0.3) is 0 Å². The molecule has 5 heteroatoms. The van der Waals surface area contributed by atoms with Crippen LogP contribution in [0.3, 0.4) is 0 Å². The third-order valence-electron chi connectivity index (χ3n) is 3.94. The van der Waals surface area contributed by atoms with Crippen molar-refractivity contribution in [3.63, 3.8) is 0 Å². The summed E-state index contributed by atoms with van der Waals surface area (Å²) in [5, 5.41) is 2.99. The van der Waals surface area contributed by atoms with Gasteiger partial charge in [0.05, 0.1) is 12.0 Å². The molecule has 0 bridgehead atoms. The molecule has 0 atom stereocenters. The van der Waals surface area contributed by atoms with E-state index in [2.05, 4.69) is 5.32 Å². The molecule has 1 aromatic rings. The van der Waals surface area contributed by atoms with Crippen molar-refractivity contribution in [1.82, 2.24) is 5.32 Å². The molecule has 1 amide bonds. The van der Waals surface area contributed by atoms with Crippen molar-refractivity contribution in [2.75, 3.05) is 13.2 Å². The third kappa shape index (κ3) is 4.90. The van der Waals surface area contributed by atoms with Crippen molar-refractivity contribution in [3.8, 4) is 5.75 Å². The fraction of sp³-hybridized carbons (Fsp3) is 0.562. The number of carbonyl (C=O) groups is 1. The molecule has 0 radical (unpaired) electrons. The summed E-state index contributed by atoms with van der Waals surface area (Å²) in [6.07, 6.45) is 1.50. The number of ether oxygens (including phenoxy) is 1. The highest BCUT2D eigenvalue weighted by Gasteiger charge is 2.33. The number of para-hydroxylation sites is 1. The minimum Gasteiger partial charge on any atom is -0.494 e. The quantitative estimate of drug-likeness (QED) is 0.775. The zero-order valence-corrected chi connectivity index (χ0v) is 14.0. The first-order valence-corrected chi connectivity index (χ1v) is 7.32. The van der Waals surface area contributed by atoms with Gasteiger partial charge < -0.3 is 15.8 Å². The number of rotatable bonds is 8. The maximum atomic E-state index is 12.4. The second kappa shape index (κ2) is 9.64. The topological polar surface area (TPSA) is 64.3 Å². The van der Waals surface area contributed by atoms with Gasteiger partial charge in [-0.05, 0) is 25.8 Å². The van der Waals surface area contributed by atoms with Crippen molar-refractivity contribution < 1.29 is 9.53 Å². The number of nitrogens with two attached hydrogens (primary N) is 1. The molecule has 0 heterocycles. The summed E-state index contributed by atoms with van der Waals surface area (Å²) in [6, 6.07) is 7.76. The number of halogens is 1. The van der Waals surface area contributed by atoms with Gasteiger partial charge in [0.25, 0.3) is 0 Å². The van der Waals surface area contributed by atoms with Crippen molar-refractivity contribution in [2.45, 2.75) is 40.2 Å². The minimum absolute atomic E-state index is 0. The van der Waals surface area contributed by atoms with Gasteiger partial charge >= 0.3 is 0 Å². The predicted molar refractivity (Wildman–Crippen MR) is 88.8 cm³/mol. The van der Waals surface area contributed by atoms with Crippen LogP contribution in [0.4, 0.5) is 0 Å². The smallest absolute Gasteiger partial charge is 0.227 e. The lowest BCUT2D eigenvalue weighted by Crippen LogP contribution is -2.45. The normalized spacial score (nSPS) is 10.7. The fourth-order valence-electron chi connectivity index (χ4n) is 2.26. The van der Waals surface area contributed by atoms with Gasteiger partial charge in [-0.25, -0.2) is 0 Å². The van der Waals surface area contributed by atoms with Crippen LogP contribution in [0.2, 0.25) is 0 Å². The molecule has 0 spiro atoms. The molecule has 0 aromatic heterocycles. The zero-order valence-electron chi connectivity index (χ0n) is 13.1. The average Bonchev–Trinajstić information content (AvgIpc) is 2.49. The molecule has 1 rings (SSSR count). The van der Waals surface area contributed by atoms with E-state index in [1.165, 1.54) is 0 Å². The largest absolute Gasteiger partial charge is 0.494 e. The molecule has 120 valence electrons. The Bertz CT molecular complexity index is 426. The van der Waals surface area contributed by atoms with Crippen molar-refractivity contribution in [2.24, 2.45) is 11.1 Å². The molecule has 0 saturated carbocycles. The molecule has 0 saturated heterocycles. The Morgan fingerprint density at radius 3 is 2.38 bits per heavy atom. The summed E-state index contributed by atoms with van der Waals surface area (Å²) in [6.45, 7) is 7.41. The van der Waals surface area contributed by atoms with E-state index in [4.69, 9.17) is 10.5 Å². The van der Waals surface area contributed by atoms with Crippen LogP contribution in [0.15, 0.2) is 24.3 Å². The fourth-order valence-corrected chi connectivity index (χ4v) is 2.26. The molecule has 1 aromatic carbocycles. The van der Waals surface area contributed by atoms with Crippen LogP contribution in [0, 0.1) is 5.41 Å². The average molecular weight is 315 g/mol. The Kier molecular flexibility index (Phi) is 9.06. The Balaban J connectivity index is 0.00000400. The van der Waals surface area contributed by atoms with Crippen LogP contribution in [0.5, 0.6) is 5.75 Å². The van der Waals surface area contributed by atoms with Gasteiger partial charge in [-0.1, -0.05) is 32.0 Å². The van der Waals surface area contributed by atoms with Crippen LogP contribution in [-0.2, 0) is 11.3 Å². The molecule has 0 unspecified atom stereocenters. The van der Waals surface area contributed by atoms with Gasteiger partial charge in [0.15, 0.2) is 0 Å². The first-order valence-electron chi connectivity index (χ1n) is 7.32. The van der Waals surface area contributed by atoms with E-state index < -0.39 is 5.41 Å². The van der Waals surface area contributed by atoms with Gasteiger partial charge in [-0.3, -0.25) is 4.79 Å². The maximum absolute atomic E-state index is 12.4.